The minimum absolute atomic E-state index is 0.978. The van der Waals surface area contributed by atoms with Crippen molar-refractivity contribution in [3.05, 3.63) is 158 Å². The molecule has 0 N–H and O–H groups in total. The van der Waals surface area contributed by atoms with Gasteiger partial charge < -0.3 is 0 Å². The molecule has 0 bridgehead atoms. The van der Waals surface area contributed by atoms with Gasteiger partial charge in [-0.25, -0.2) is 0 Å². The van der Waals surface area contributed by atoms with E-state index >= 15 is 0 Å². The van der Waals surface area contributed by atoms with Crippen LogP contribution in [0.25, 0.3) is 22.5 Å². The number of pyridine rings is 2. The molecule has 0 unspecified atom stereocenters. The van der Waals surface area contributed by atoms with Crippen LogP contribution in [-0.2, 0) is 0 Å². The molecule has 0 aliphatic heterocycles. The van der Waals surface area contributed by atoms with Crippen molar-refractivity contribution in [2.75, 3.05) is 0 Å². The quantitative estimate of drug-likeness (QED) is 0.300. The van der Waals surface area contributed by atoms with Gasteiger partial charge in [0.25, 0.3) is 0 Å². The van der Waals surface area contributed by atoms with E-state index in [1.54, 1.807) is 0 Å². The van der Waals surface area contributed by atoms with Crippen molar-refractivity contribution >= 4 is 28.8 Å². The van der Waals surface area contributed by atoms with Crippen LogP contribution in [0.5, 0.6) is 0 Å². The van der Waals surface area contributed by atoms with Crippen molar-refractivity contribution in [3.63, 3.8) is 0 Å². The number of benzene rings is 4. The summed E-state index contributed by atoms with van der Waals surface area (Å²) in [7, 11) is -2.67. The van der Waals surface area contributed by atoms with Crippen LogP contribution in [0, 0.1) is 0 Å². The Kier molecular flexibility index (Phi) is 6.28. The number of hydrogen-bond donors (Lipinski definition) is 0. The second-order valence-electron chi connectivity index (χ2n) is 9.08. The first-order valence-electron chi connectivity index (χ1n) is 12.5. The number of hydrogen-bond acceptors (Lipinski definition) is 2. The van der Waals surface area contributed by atoms with E-state index in [0.717, 1.165) is 22.5 Å². The minimum Gasteiger partial charge on any atom is -0.256 e. The van der Waals surface area contributed by atoms with E-state index in [9.17, 15) is 0 Å². The Morgan fingerprint density at radius 3 is 1.00 bits per heavy atom. The van der Waals surface area contributed by atoms with Crippen molar-refractivity contribution in [1.82, 2.24) is 9.97 Å². The molecule has 2 aromatic heterocycles. The Balaban J connectivity index is 1.57. The molecule has 0 aliphatic rings. The van der Waals surface area contributed by atoms with Gasteiger partial charge in [0.1, 0.15) is 0 Å². The lowest BCUT2D eigenvalue weighted by molar-refractivity contribution is 1.33. The van der Waals surface area contributed by atoms with Crippen LogP contribution >= 0.6 is 0 Å². The zero-order chi connectivity index (χ0) is 24.9. The van der Waals surface area contributed by atoms with Gasteiger partial charge in [-0.3, -0.25) is 9.97 Å². The summed E-state index contributed by atoms with van der Waals surface area (Å²) >= 11 is 0. The van der Waals surface area contributed by atoms with Crippen molar-refractivity contribution in [3.8, 4) is 22.5 Å². The third-order valence-electron chi connectivity index (χ3n) is 6.95. The molecular weight excluding hydrogens is 464 g/mol. The summed E-state index contributed by atoms with van der Waals surface area (Å²) in [6.45, 7) is 0. The van der Waals surface area contributed by atoms with E-state index in [2.05, 4.69) is 146 Å². The first-order chi connectivity index (χ1) is 18.4. The molecule has 176 valence electrons. The zero-order valence-corrected chi connectivity index (χ0v) is 21.4. The van der Waals surface area contributed by atoms with Crippen LogP contribution in [0.4, 0.5) is 0 Å². The molecule has 0 saturated carbocycles. The normalized spacial score (nSPS) is 11.2. The van der Waals surface area contributed by atoms with Gasteiger partial charge >= 0.3 is 0 Å². The highest BCUT2D eigenvalue weighted by molar-refractivity contribution is 7.19. The van der Waals surface area contributed by atoms with Crippen LogP contribution in [-0.4, -0.2) is 18.0 Å². The third-order valence-corrected chi connectivity index (χ3v) is 11.7. The van der Waals surface area contributed by atoms with E-state index in [4.69, 9.17) is 9.97 Å². The molecule has 6 aromatic rings. The topological polar surface area (TPSA) is 25.8 Å². The predicted molar refractivity (Wildman–Crippen MR) is 157 cm³/mol. The van der Waals surface area contributed by atoms with Crippen LogP contribution in [0.3, 0.4) is 0 Å². The second-order valence-corrected chi connectivity index (χ2v) is 12.9. The molecule has 3 heteroatoms. The first kappa shape index (κ1) is 22.8. The van der Waals surface area contributed by atoms with E-state index in [0.29, 0.717) is 0 Å². The summed E-state index contributed by atoms with van der Waals surface area (Å²) in [5, 5.41) is 5.09. The van der Waals surface area contributed by atoms with Crippen LogP contribution in [0.2, 0.25) is 0 Å². The molecule has 4 aromatic carbocycles. The Hall–Kier alpha value is -4.60. The molecule has 0 radical (unpaired) electrons. The monoisotopic (exact) mass is 490 g/mol. The van der Waals surface area contributed by atoms with Gasteiger partial charge in [0, 0.05) is 23.5 Å². The Morgan fingerprint density at radius 1 is 0.324 bits per heavy atom. The van der Waals surface area contributed by atoms with Crippen molar-refractivity contribution in [2.45, 2.75) is 0 Å². The standard InChI is InChI=1S/C34H26N2Si/c1-5-13-27(14-6-1)33-23-21-31(25-35-33)37(29-17-9-3-10-18-29,30-19-11-4-12-20-30)32-22-24-34(36-26-32)28-15-7-2-8-16-28/h1-26H. The lowest BCUT2D eigenvalue weighted by Gasteiger charge is -2.34. The summed E-state index contributed by atoms with van der Waals surface area (Å²) in [5.41, 5.74) is 4.20. The average molecular weight is 491 g/mol. The van der Waals surface area contributed by atoms with E-state index < -0.39 is 8.07 Å². The highest BCUT2D eigenvalue weighted by atomic mass is 28.3. The van der Waals surface area contributed by atoms with Gasteiger partial charge in [0.15, 0.2) is 8.07 Å². The van der Waals surface area contributed by atoms with Crippen molar-refractivity contribution in [2.24, 2.45) is 0 Å². The lowest BCUT2D eigenvalue weighted by atomic mass is 10.1. The number of nitrogens with zero attached hydrogens (tertiary/aromatic N) is 2. The lowest BCUT2D eigenvalue weighted by Crippen LogP contribution is -2.74. The van der Waals surface area contributed by atoms with Crippen LogP contribution in [0.15, 0.2) is 158 Å². The zero-order valence-electron chi connectivity index (χ0n) is 20.4. The highest BCUT2D eigenvalue weighted by Crippen LogP contribution is 2.18. The fraction of sp³-hybridized carbons (Fsp3) is 0. The maximum Gasteiger partial charge on any atom is 0.182 e. The van der Waals surface area contributed by atoms with E-state index in [1.165, 1.54) is 20.7 Å². The van der Waals surface area contributed by atoms with Crippen LogP contribution in [0.1, 0.15) is 0 Å². The number of aromatic nitrogens is 2. The first-order valence-corrected chi connectivity index (χ1v) is 14.5. The fourth-order valence-electron chi connectivity index (χ4n) is 5.17. The molecule has 0 aliphatic carbocycles. The Labute approximate surface area is 219 Å². The largest absolute Gasteiger partial charge is 0.256 e. The van der Waals surface area contributed by atoms with Gasteiger partial charge in [0.2, 0.25) is 0 Å². The molecule has 0 amide bonds. The summed E-state index contributed by atoms with van der Waals surface area (Å²) < 4.78 is 0. The van der Waals surface area contributed by atoms with Gasteiger partial charge in [0.05, 0.1) is 11.4 Å². The SMILES string of the molecule is c1ccc(-c2ccc([Si](c3ccccc3)(c3ccccc3)c3ccc(-c4ccccc4)nc3)cn2)cc1. The van der Waals surface area contributed by atoms with Crippen molar-refractivity contribution in [1.29, 1.82) is 0 Å². The van der Waals surface area contributed by atoms with Gasteiger partial charge in [-0.05, 0) is 32.9 Å². The maximum atomic E-state index is 4.97. The molecule has 2 nitrogen and oxygen atoms in total. The van der Waals surface area contributed by atoms with Crippen molar-refractivity contribution < 1.29 is 0 Å². The summed E-state index contributed by atoms with van der Waals surface area (Å²) in [6.07, 6.45) is 4.17. The predicted octanol–water partition coefficient (Wildman–Crippen LogP) is 5.19. The summed E-state index contributed by atoms with van der Waals surface area (Å²) in [4.78, 5) is 9.94. The van der Waals surface area contributed by atoms with Crippen LogP contribution < -0.4 is 20.7 Å². The van der Waals surface area contributed by atoms with Gasteiger partial charge in [-0.15, -0.1) is 0 Å². The highest BCUT2D eigenvalue weighted by Gasteiger charge is 2.42. The average Bonchev–Trinajstić information content (AvgIpc) is 3.00. The summed E-state index contributed by atoms with van der Waals surface area (Å²) in [6, 6.07) is 51.3. The fourth-order valence-corrected chi connectivity index (χ4v) is 9.73. The molecule has 0 spiro atoms. The van der Waals surface area contributed by atoms with E-state index in [1.807, 2.05) is 12.1 Å². The van der Waals surface area contributed by atoms with Gasteiger partial charge in [-0.2, -0.15) is 0 Å². The molecular formula is C34H26N2Si. The number of rotatable bonds is 6. The second kappa shape index (κ2) is 10.2. The smallest absolute Gasteiger partial charge is 0.182 e. The molecule has 6 rings (SSSR count). The molecule has 0 atom stereocenters. The minimum atomic E-state index is -2.67. The molecule has 0 fully saturated rings. The van der Waals surface area contributed by atoms with E-state index in [-0.39, 0.29) is 0 Å². The molecule has 37 heavy (non-hydrogen) atoms. The third kappa shape index (κ3) is 4.30. The molecule has 0 saturated heterocycles. The maximum absolute atomic E-state index is 4.97. The Morgan fingerprint density at radius 2 is 0.676 bits per heavy atom. The summed E-state index contributed by atoms with van der Waals surface area (Å²) in [5.74, 6) is 0. The Bertz CT molecular complexity index is 1440. The molecule has 2 heterocycles. The van der Waals surface area contributed by atoms with Gasteiger partial charge in [-0.1, -0.05) is 133 Å².